The van der Waals surface area contributed by atoms with Crippen LogP contribution in [0.3, 0.4) is 0 Å². The first-order chi connectivity index (χ1) is 5.37. The Labute approximate surface area is 68.2 Å². The van der Waals surface area contributed by atoms with E-state index in [-0.39, 0.29) is 5.54 Å². The van der Waals surface area contributed by atoms with Crippen LogP contribution in [0.5, 0.6) is 0 Å². The second-order valence-electron chi connectivity index (χ2n) is 3.93. The van der Waals surface area contributed by atoms with E-state index in [0.717, 1.165) is 0 Å². The molecule has 0 aromatic rings. The average Bonchev–Trinajstić information content (AvgIpc) is 2.39. The maximum atomic E-state index is 9.26. The summed E-state index contributed by atoms with van der Waals surface area (Å²) in [4.78, 5) is 2.50. The molecule has 2 aliphatic rings. The molecule has 2 nitrogen and oxygen atoms in total. The smallest absolute Gasteiger partial charge is 0.0615 e. The van der Waals surface area contributed by atoms with Crippen LogP contribution in [0.25, 0.3) is 0 Å². The number of hydrogen-bond acceptors (Lipinski definition) is 2. The second-order valence-corrected chi connectivity index (χ2v) is 3.93. The zero-order valence-electron chi connectivity index (χ0n) is 7.05. The molecule has 0 amide bonds. The minimum absolute atomic E-state index is 0.233. The molecule has 0 bridgehead atoms. The van der Waals surface area contributed by atoms with Crippen LogP contribution >= 0.6 is 0 Å². The molecule has 1 saturated carbocycles. The lowest BCUT2D eigenvalue weighted by Crippen LogP contribution is -2.55. The highest BCUT2D eigenvalue weighted by Gasteiger charge is 2.42. The van der Waals surface area contributed by atoms with Crippen molar-refractivity contribution in [1.82, 2.24) is 4.90 Å². The molecular weight excluding hydrogens is 138 g/mol. The highest BCUT2D eigenvalue weighted by molar-refractivity contribution is 4.98. The topological polar surface area (TPSA) is 23.5 Å². The minimum Gasteiger partial charge on any atom is -0.394 e. The summed E-state index contributed by atoms with van der Waals surface area (Å²) in [5.41, 5.74) is 0.233. The summed E-state index contributed by atoms with van der Waals surface area (Å²) in [7, 11) is 0. The van der Waals surface area contributed by atoms with Crippen LogP contribution in [0, 0.1) is 0 Å². The van der Waals surface area contributed by atoms with Crippen molar-refractivity contribution in [2.24, 2.45) is 0 Å². The molecule has 1 heterocycles. The highest BCUT2D eigenvalue weighted by atomic mass is 16.3. The van der Waals surface area contributed by atoms with Gasteiger partial charge in [0.1, 0.15) is 0 Å². The molecule has 0 radical (unpaired) electrons. The van der Waals surface area contributed by atoms with Gasteiger partial charge in [-0.2, -0.15) is 0 Å². The summed E-state index contributed by atoms with van der Waals surface area (Å²) in [5.74, 6) is 0. The van der Waals surface area contributed by atoms with Gasteiger partial charge in [-0.3, -0.25) is 4.90 Å². The van der Waals surface area contributed by atoms with E-state index in [0.29, 0.717) is 6.61 Å². The maximum Gasteiger partial charge on any atom is 0.0615 e. The Balaban J connectivity index is 1.99. The van der Waals surface area contributed by atoms with Gasteiger partial charge in [-0.15, -0.1) is 0 Å². The molecule has 11 heavy (non-hydrogen) atoms. The van der Waals surface area contributed by atoms with Crippen molar-refractivity contribution in [1.29, 1.82) is 0 Å². The van der Waals surface area contributed by atoms with Gasteiger partial charge in [0, 0.05) is 5.54 Å². The Morgan fingerprint density at radius 1 is 1.09 bits per heavy atom. The largest absolute Gasteiger partial charge is 0.394 e. The third-order valence-corrected chi connectivity index (χ3v) is 3.36. The van der Waals surface area contributed by atoms with Crippen LogP contribution in [0.15, 0.2) is 0 Å². The molecule has 2 fully saturated rings. The SMILES string of the molecule is OCC1(N2CCCC2)CCC1. The fourth-order valence-electron chi connectivity index (χ4n) is 2.35. The van der Waals surface area contributed by atoms with Crippen molar-refractivity contribution in [2.45, 2.75) is 37.6 Å². The van der Waals surface area contributed by atoms with Crippen molar-refractivity contribution in [3.63, 3.8) is 0 Å². The molecule has 64 valence electrons. The lowest BCUT2D eigenvalue weighted by atomic mass is 9.76. The predicted octanol–water partition coefficient (Wildman–Crippen LogP) is 0.997. The first-order valence-electron chi connectivity index (χ1n) is 4.73. The molecule has 1 aliphatic heterocycles. The first-order valence-corrected chi connectivity index (χ1v) is 4.73. The van der Waals surface area contributed by atoms with Gasteiger partial charge < -0.3 is 5.11 Å². The number of rotatable bonds is 2. The fourth-order valence-corrected chi connectivity index (χ4v) is 2.35. The van der Waals surface area contributed by atoms with Gasteiger partial charge in [0.15, 0.2) is 0 Å². The summed E-state index contributed by atoms with van der Waals surface area (Å²) >= 11 is 0. The van der Waals surface area contributed by atoms with E-state index in [1.807, 2.05) is 0 Å². The molecule has 0 atom stereocenters. The molecule has 0 spiro atoms. The van der Waals surface area contributed by atoms with E-state index in [1.54, 1.807) is 0 Å². The third kappa shape index (κ3) is 1.09. The molecule has 0 aromatic heterocycles. The molecule has 1 saturated heterocycles. The van der Waals surface area contributed by atoms with Crippen LogP contribution in [0.1, 0.15) is 32.1 Å². The van der Waals surface area contributed by atoms with E-state index in [1.165, 1.54) is 45.2 Å². The summed E-state index contributed by atoms with van der Waals surface area (Å²) in [5, 5.41) is 9.26. The summed E-state index contributed by atoms with van der Waals surface area (Å²) in [6.07, 6.45) is 6.44. The standard InChI is InChI=1S/C9H17NO/c11-8-9(4-3-5-9)10-6-1-2-7-10/h11H,1-8H2. The van der Waals surface area contributed by atoms with Gasteiger partial charge in [0.25, 0.3) is 0 Å². The molecule has 0 aromatic carbocycles. The molecule has 2 rings (SSSR count). The van der Waals surface area contributed by atoms with Crippen molar-refractivity contribution in [3.8, 4) is 0 Å². The van der Waals surface area contributed by atoms with Crippen molar-refractivity contribution in [3.05, 3.63) is 0 Å². The van der Waals surface area contributed by atoms with Crippen LogP contribution in [0.2, 0.25) is 0 Å². The van der Waals surface area contributed by atoms with E-state index in [4.69, 9.17) is 0 Å². The Hall–Kier alpha value is -0.0800. The predicted molar refractivity (Wildman–Crippen MR) is 44.5 cm³/mol. The lowest BCUT2D eigenvalue weighted by Gasteiger charge is -2.47. The van der Waals surface area contributed by atoms with Crippen LogP contribution in [-0.4, -0.2) is 35.2 Å². The molecule has 2 heteroatoms. The normalized spacial score (nSPS) is 30.3. The van der Waals surface area contributed by atoms with Gasteiger partial charge in [-0.25, -0.2) is 0 Å². The van der Waals surface area contributed by atoms with Gasteiger partial charge in [-0.1, -0.05) is 0 Å². The van der Waals surface area contributed by atoms with Crippen molar-refractivity contribution >= 4 is 0 Å². The van der Waals surface area contributed by atoms with E-state index >= 15 is 0 Å². The molecule has 1 aliphatic carbocycles. The van der Waals surface area contributed by atoms with E-state index < -0.39 is 0 Å². The van der Waals surface area contributed by atoms with Gasteiger partial charge >= 0.3 is 0 Å². The highest BCUT2D eigenvalue weighted by Crippen LogP contribution is 2.38. The fraction of sp³-hybridized carbons (Fsp3) is 1.00. The minimum atomic E-state index is 0.233. The van der Waals surface area contributed by atoms with Crippen LogP contribution < -0.4 is 0 Å². The Morgan fingerprint density at radius 3 is 2.09 bits per heavy atom. The first kappa shape index (κ1) is 7.56. The average molecular weight is 155 g/mol. The monoisotopic (exact) mass is 155 g/mol. The summed E-state index contributed by atoms with van der Waals surface area (Å²) < 4.78 is 0. The van der Waals surface area contributed by atoms with Crippen LogP contribution in [-0.2, 0) is 0 Å². The Kier molecular flexibility index (Phi) is 1.90. The summed E-state index contributed by atoms with van der Waals surface area (Å²) in [6, 6.07) is 0. The number of aliphatic hydroxyl groups excluding tert-OH is 1. The molecular formula is C9H17NO. The second kappa shape index (κ2) is 2.76. The van der Waals surface area contributed by atoms with Gasteiger partial charge in [-0.05, 0) is 45.2 Å². The van der Waals surface area contributed by atoms with E-state index in [9.17, 15) is 5.11 Å². The number of likely N-dealkylation sites (tertiary alicyclic amines) is 1. The zero-order chi connectivity index (χ0) is 7.73. The quantitative estimate of drug-likeness (QED) is 0.643. The molecule has 1 N–H and O–H groups in total. The summed E-state index contributed by atoms with van der Waals surface area (Å²) in [6.45, 7) is 2.83. The third-order valence-electron chi connectivity index (χ3n) is 3.36. The van der Waals surface area contributed by atoms with Gasteiger partial charge in [0.2, 0.25) is 0 Å². The van der Waals surface area contributed by atoms with Crippen LogP contribution in [0.4, 0.5) is 0 Å². The number of aliphatic hydroxyl groups is 1. The van der Waals surface area contributed by atoms with Gasteiger partial charge in [0.05, 0.1) is 6.61 Å². The number of nitrogens with zero attached hydrogens (tertiary/aromatic N) is 1. The van der Waals surface area contributed by atoms with E-state index in [2.05, 4.69) is 4.90 Å². The maximum absolute atomic E-state index is 9.26. The Morgan fingerprint density at radius 2 is 1.73 bits per heavy atom. The number of hydrogen-bond donors (Lipinski definition) is 1. The lowest BCUT2D eigenvalue weighted by molar-refractivity contribution is -0.0143. The molecule has 0 unspecified atom stereocenters. The van der Waals surface area contributed by atoms with Crippen molar-refractivity contribution in [2.75, 3.05) is 19.7 Å². The zero-order valence-corrected chi connectivity index (χ0v) is 7.05. The Bertz CT molecular complexity index is 131. The van der Waals surface area contributed by atoms with Crippen molar-refractivity contribution < 1.29 is 5.11 Å².